The maximum absolute atomic E-state index is 4.53. The Morgan fingerprint density at radius 2 is 1.95 bits per heavy atom. The fourth-order valence-electron chi connectivity index (χ4n) is 2.85. The van der Waals surface area contributed by atoms with Gasteiger partial charge in [0, 0.05) is 23.7 Å². The monoisotopic (exact) mass is 288 g/mol. The molecule has 1 fully saturated rings. The zero-order valence-electron chi connectivity index (χ0n) is 11.8. The highest BCUT2D eigenvalue weighted by atomic mass is 32.2. The number of rotatable bonds is 4. The third kappa shape index (κ3) is 2.87. The van der Waals surface area contributed by atoms with Gasteiger partial charge in [0.05, 0.1) is 0 Å². The molecule has 0 unspecified atom stereocenters. The van der Waals surface area contributed by atoms with Crippen molar-refractivity contribution in [2.75, 3.05) is 18.1 Å². The average molecular weight is 288 g/mol. The first-order valence-corrected chi connectivity index (χ1v) is 8.41. The maximum Gasteiger partial charge on any atom is 0.180 e. The third-order valence-corrected chi connectivity index (χ3v) is 5.54. The first-order chi connectivity index (χ1) is 9.81. The van der Waals surface area contributed by atoms with Crippen LogP contribution < -0.4 is 5.32 Å². The van der Waals surface area contributed by atoms with Crippen molar-refractivity contribution >= 4 is 28.7 Å². The van der Waals surface area contributed by atoms with Crippen LogP contribution in [0.3, 0.4) is 0 Å². The lowest BCUT2D eigenvalue weighted by molar-refractivity contribution is 0.411. The normalized spacial score (nSPS) is 18.1. The molecular weight excluding hydrogens is 268 g/mol. The van der Waals surface area contributed by atoms with E-state index >= 15 is 0 Å². The van der Waals surface area contributed by atoms with Crippen LogP contribution in [0.4, 0.5) is 5.82 Å². The Balaban J connectivity index is 1.72. The summed E-state index contributed by atoms with van der Waals surface area (Å²) in [5.74, 6) is 0.900. The molecule has 20 heavy (non-hydrogen) atoms. The van der Waals surface area contributed by atoms with E-state index in [9.17, 15) is 0 Å². The zero-order valence-corrected chi connectivity index (χ0v) is 12.6. The highest BCUT2D eigenvalue weighted by Crippen LogP contribution is 2.38. The molecule has 0 bridgehead atoms. The van der Waals surface area contributed by atoms with Crippen molar-refractivity contribution in [2.45, 2.75) is 36.9 Å². The van der Waals surface area contributed by atoms with Crippen LogP contribution >= 0.6 is 11.8 Å². The molecule has 0 spiro atoms. The largest absolute Gasteiger partial charge is 0.369 e. The maximum atomic E-state index is 4.53. The summed E-state index contributed by atoms with van der Waals surface area (Å²) in [6.45, 7) is 0.979. The van der Waals surface area contributed by atoms with E-state index in [0.717, 1.165) is 17.9 Å². The molecular formula is C15H20N4S. The molecule has 1 aliphatic carbocycles. The molecule has 2 aromatic heterocycles. The Hall–Kier alpha value is -1.36. The first-order valence-electron chi connectivity index (χ1n) is 7.18. The Kier molecular flexibility index (Phi) is 4.05. The van der Waals surface area contributed by atoms with Crippen LogP contribution in [0.25, 0.3) is 11.2 Å². The Morgan fingerprint density at radius 1 is 1.15 bits per heavy atom. The van der Waals surface area contributed by atoms with Gasteiger partial charge in [-0.15, -0.1) is 0 Å². The summed E-state index contributed by atoms with van der Waals surface area (Å²) in [6.07, 6.45) is 12.3. The molecule has 2 aromatic rings. The number of anilines is 1. The van der Waals surface area contributed by atoms with Gasteiger partial charge < -0.3 is 5.32 Å². The van der Waals surface area contributed by atoms with Crippen LogP contribution in [-0.4, -0.2) is 32.5 Å². The lowest BCUT2D eigenvalue weighted by atomic mass is 9.88. The van der Waals surface area contributed by atoms with E-state index in [-0.39, 0.29) is 0 Å². The molecule has 1 N–H and O–H groups in total. The van der Waals surface area contributed by atoms with Crippen LogP contribution in [0.1, 0.15) is 32.1 Å². The third-order valence-electron chi connectivity index (χ3n) is 4.12. The summed E-state index contributed by atoms with van der Waals surface area (Å²) < 4.78 is 0.372. The number of pyridine rings is 1. The van der Waals surface area contributed by atoms with Gasteiger partial charge in [-0.1, -0.05) is 19.3 Å². The van der Waals surface area contributed by atoms with Crippen LogP contribution in [0.5, 0.6) is 0 Å². The second-order valence-corrected chi connectivity index (χ2v) is 6.67. The molecule has 0 aliphatic heterocycles. The fourth-order valence-corrected chi connectivity index (χ4v) is 3.77. The molecule has 1 aliphatic rings. The molecule has 0 aromatic carbocycles. The van der Waals surface area contributed by atoms with Crippen molar-refractivity contribution < 1.29 is 0 Å². The SMILES string of the molecule is CSC1(CNc2ccc3nccnc3n2)CCCCC1. The molecule has 0 amide bonds. The van der Waals surface area contributed by atoms with Crippen molar-refractivity contribution in [3.05, 3.63) is 24.5 Å². The van der Waals surface area contributed by atoms with E-state index in [1.54, 1.807) is 12.4 Å². The van der Waals surface area contributed by atoms with Gasteiger partial charge in [0.1, 0.15) is 11.3 Å². The summed E-state index contributed by atoms with van der Waals surface area (Å²) in [7, 11) is 0. The minimum atomic E-state index is 0.372. The highest BCUT2D eigenvalue weighted by molar-refractivity contribution is 8.00. The molecule has 3 rings (SSSR count). The Morgan fingerprint density at radius 3 is 2.75 bits per heavy atom. The zero-order chi connectivity index (χ0) is 13.8. The minimum absolute atomic E-state index is 0.372. The van der Waals surface area contributed by atoms with E-state index in [0.29, 0.717) is 10.4 Å². The molecule has 1 saturated carbocycles. The van der Waals surface area contributed by atoms with Crippen LogP contribution in [-0.2, 0) is 0 Å². The molecule has 0 radical (unpaired) electrons. The molecule has 0 atom stereocenters. The van der Waals surface area contributed by atoms with Crippen LogP contribution in [0, 0.1) is 0 Å². The van der Waals surface area contributed by atoms with Gasteiger partial charge >= 0.3 is 0 Å². The lowest BCUT2D eigenvalue weighted by Gasteiger charge is -2.36. The standard InChI is InChI=1S/C15H20N4S/c1-20-15(7-3-2-4-8-15)11-18-13-6-5-12-14(19-13)17-10-9-16-12/h5-6,9-10H,2-4,7-8,11H2,1H3,(H,17,18,19). The number of aromatic nitrogens is 3. The first kappa shape index (κ1) is 13.6. The van der Waals surface area contributed by atoms with Gasteiger partial charge in [0.15, 0.2) is 5.65 Å². The Labute approximate surface area is 123 Å². The van der Waals surface area contributed by atoms with Gasteiger partial charge in [0.2, 0.25) is 0 Å². The summed E-state index contributed by atoms with van der Waals surface area (Å²) in [5.41, 5.74) is 1.55. The highest BCUT2D eigenvalue weighted by Gasteiger charge is 2.30. The van der Waals surface area contributed by atoms with Crippen molar-refractivity contribution in [3.8, 4) is 0 Å². The van der Waals surface area contributed by atoms with Crippen molar-refractivity contribution in [1.29, 1.82) is 0 Å². The summed E-state index contributed by atoms with van der Waals surface area (Å²) in [5, 5.41) is 3.50. The van der Waals surface area contributed by atoms with Gasteiger partial charge in [-0.05, 0) is 31.2 Å². The van der Waals surface area contributed by atoms with Crippen molar-refractivity contribution in [2.24, 2.45) is 0 Å². The van der Waals surface area contributed by atoms with Gasteiger partial charge in [-0.3, -0.25) is 4.98 Å². The van der Waals surface area contributed by atoms with Gasteiger partial charge in [-0.25, -0.2) is 9.97 Å². The van der Waals surface area contributed by atoms with E-state index < -0.39 is 0 Å². The van der Waals surface area contributed by atoms with Crippen LogP contribution in [0.2, 0.25) is 0 Å². The van der Waals surface area contributed by atoms with Gasteiger partial charge in [0.25, 0.3) is 0 Å². The van der Waals surface area contributed by atoms with Crippen molar-refractivity contribution in [1.82, 2.24) is 15.0 Å². The van der Waals surface area contributed by atoms with E-state index in [1.807, 2.05) is 23.9 Å². The molecule has 4 nitrogen and oxygen atoms in total. The van der Waals surface area contributed by atoms with Gasteiger partial charge in [-0.2, -0.15) is 11.8 Å². The molecule has 0 saturated heterocycles. The fraction of sp³-hybridized carbons (Fsp3) is 0.533. The summed E-state index contributed by atoms with van der Waals surface area (Å²) >= 11 is 2.00. The summed E-state index contributed by atoms with van der Waals surface area (Å²) in [4.78, 5) is 13.0. The number of nitrogens with one attached hydrogen (secondary N) is 1. The average Bonchev–Trinajstić information content (AvgIpc) is 2.54. The van der Waals surface area contributed by atoms with Crippen molar-refractivity contribution in [3.63, 3.8) is 0 Å². The number of fused-ring (bicyclic) bond motifs is 1. The predicted molar refractivity (Wildman–Crippen MR) is 85.2 cm³/mol. The number of nitrogens with zero attached hydrogens (tertiary/aromatic N) is 3. The second-order valence-electron chi connectivity index (χ2n) is 5.40. The minimum Gasteiger partial charge on any atom is -0.369 e. The molecule has 5 heteroatoms. The summed E-state index contributed by atoms with van der Waals surface area (Å²) in [6, 6.07) is 3.97. The Bertz CT molecular complexity index is 581. The molecule has 2 heterocycles. The lowest BCUT2D eigenvalue weighted by Crippen LogP contribution is -2.35. The topological polar surface area (TPSA) is 50.7 Å². The predicted octanol–water partition coefficient (Wildman–Crippen LogP) is 3.50. The number of hydrogen-bond acceptors (Lipinski definition) is 5. The van der Waals surface area contributed by atoms with E-state index in [2.05, 4.69) is 26.5 Å². The van der Waals surface area contributed by atoms with E-state index in [1.165, 1.54) is 32.1 Å². The second kappa shape index (κ2) is 5.95. The van der Waals surface area contributed by atoms with Crippen LogP contribution in [0.15, 0.2) is 24.5 Å². The smallest absolute Gasteiger partial charge is 0.180 e. The number of thioether (sulfide) groups is 1. The van der Waals surface area contributed by atoms with E-state index in [4.69, 9.17) is 0 Å². The number of hydrogen-bond donors (Lipinski definition) is 1. The molecule has 106 valence electrons. The quantitative estimate of drug-likeness (QED) is 0.933.